The highest BCUT2D eigenvalue weighted by Gasteiger charge is 2.20. The summed E-state index contributed by atoms with van der Waals surface area (Å²) < 4.78 is 27.4. The number of nitro groups is 1. The zero-order valence-corrected chi connectivity index (χ0v) is 15.7. The quantitative estimate of drug-likeness (QED) is 0.494. The third-order valence-corrected chi connectivity index (χ3v) is 6.08. The van der Waals surface area contributed by atoms with Crippen LogP contribution in [0.4, 0.5) is 10.8 Å². The molecule has 26 heavy (non-hydrogen) atoms. The van der Waals surface area contributed by atoms with Crippen LogP contribution in [0, 0.1) is 17.0 Å². The number of anilines is 1. The van der Waals surface area contributed by atoms with Crippen LogP contribution in [0.2, 0.25) is 5.02 Å². The maximum atomic E-state index is 12.5. The van der Waals surface area contributed by atoms with Crippen molar-refractivity contribution in [3.8, 4) is 11.3 Å². The van der Waals surface area contributed by atoms with E-state index in [1.807, 2.05) is 6.92 Å². The number of thiazole rings is 1. The number of nitrogens with zero attached hydrogens (tertiary/aromatic N) is 2. The molecule has 3 rings (SSSR count). The van der Waals surface area contributed by atoms with E-state index in [0.29, 0.717) is 10.7 Å². The number of halogens is 1. The van der Waals surface area contributed by atoms with Gasteiger partial charge >= 0.3 is 0 Å². The standard InChI is InChI=1S/C16H12ClN3O4S2/c1-10-15(11-5-7-12(17)8-6-11)18-16(25-10)19-26(23,24)14-4-2-3-13(9-14)20(21)22/h2-9H,1H3,(H,18,19). The van der Waals surface area contributed by atoms with Crippen molar-refractivity contribution >= 4 is 43.8 Å². The predicted octanol–water partition coefficient (Wildman–Crippen LogP) is 4.48. The van der Waals surface area contributed by atoms with E-state index in [4.69, 9.17) is 11.6 Å². The van der Waals surface area contributed by atoms with E-state index in [2.05, 4.69) is 9.71 Å². The van der Waals surface area contributed by atoms with E-state index < -0.39 is 14.9 Å². The fraction of sp³-hybridized carbons (Fsp3) is 0.0625. The molecule has 0 saturated carbocycles. The van der Waals surface area contributed by atoms with Crippen molar-refractivity contribution in [3.05, 3.63) is 68.5 Å². The zero-order valence-electron chi connectivity index (χ0n) is 13.3. The molecule has 0 unspecified atom stereocenters. The molecule has 1 N–H and O–H groups in total. The summed E-state index contributed by atoms with van der Waals surface area (Å²) in [5.74, 6) is 0. The van der Waals surface area contributed by atoms with Gasteiger partial charge in [-0.05, 0) is 25.1 Å². The number of rotatable bonds is 5. The number of aromatic nitrogens is 1. The number of nitro benzene ring substituents is 1. The molecule has 0 atom stereocenters. The summed E-state index contributed by atoms with van der Waals surface area (Å²) in [4.78, 5) is 15.1. The highest BCUT2D eigenvalue weighted by molar-refractivity contribution is 7.93. The van der Waals surface area contributed by atoms with Crippen molar-refractivity contribution in [2.24, 2.45) is 0 Å². The van der Waals surface area contributed by atoms with Crippen molar-refractivity contribution in [3.63, 3.8) is 0 Å². The monoisotopic (exact) mass is 409 g/mol. The smallest absolute Gasteiger partial charge is 0.258 e. The van der Waals surface area contributed by atoms with Gasteiger partial charge in [0.15, 0.2) is 5.13 Å². The molecule has 134 valence electrons. The van der Waals surface area contributed by atoms with Crippen molar-refractivity contribution in [1.82, 2.24) is 4.98 Å². The number of aryl methyl sites for hydroxylation is 1. The topological polar surface area (TPSA) is 102 Å². The third kappa shape index (κ3) is 3.85. The van der Waals surface area contributed by atoms with Gasteiger partial charge in [0.2, 0.25) is 0 Å². The van der Waals surface area contributed by atoms with Gasteiger partial charge in [-0.3, -0.25) is 14.8 Å². The number of hydrogen-bond donors (Lipinski definition) is 1. The van der Waals surface area contributed by atoms with Crippen LogP contribution < -0.4 is 4.72 Å². The molecule has 3 aromatic rings. The Bertz CT molecular complexity index is 1080. The number of non-ortho nitro benzene ring substituents is 1. The molecule has 0 bridgehead atoms. The second kappa shape index (κ2) is 7.02. The van der Waals surface area contributed by atoms with Gasteiger partial charge in [0, 0.05) is 27.6 Å². The molecule has 1 heterocycles. The van der Waals surface area contributed by atoms with Crippen LogP contribution in [-0.4, -0.2) is 18.3 Å². The Morgan fingerprint density at radius 1 is 1.19 bits per heavy atom. The lowest BCUT2D eigenvalue weighted by Crippen LogP contribution is -2.13. The van der Waals surface area contributed by atoms with Crippen LogP contribution in [0.5, 0.6) is 0 Å². The average molecular weight is 410 g/mol. The van der Waals surface area contributed by atoms with Crippen molar-refractivity contribution in [2.45, 2.75) is 11.8 Å². The Morgan fingerprint density at radius 3 is 2.54 bits per heavy atom. The molecule has 0 spiro atoms. The van der Waals surface area contributed by atoms with E-state index in [0.717, 1.165) is 16.5 Å². The first kappa shape index (κ1) is 18.3. The molecule has 0 aliphatic rings. The number of sulfonamides is 1. The summed E-state index contributed by atoms with van der Waals surface area (Å²) in [6, 6.07) is 11.9. The Hall–Kier alpha value is -2.49. The molecule has 0 radical (unpaired) electrons. The molecular formula is C16H12ClN3O4S2. The molecule has 7 nitrogen and oxygen atoms in total. The Labute approximate surface area is 158 Å². The lowest BCUT2D eigenvalue weighted by Gasteiger charge is -2.04. The normalized spacial score (nSPS) is 11.3. The van der Waals surface area contributed by atoms with Crippen molar-refractivity contribution < 1.29 is 13.3 Å². The van der Waals surface area contributed by atoms with Crippen LogP contribution in [0.15, 0.2) is 53.4 Å². The third-order valence-electron chi connectivity index (χ3n) is 3.47. The predicted molar refractivity (Wildman–Crippen MR) is 101 cm³/mol. The van der Waals surface area contributed by atoms with Crippen LogP contribution in [0.25, 0.3) is 11.3 Å². The average Bonchev–Trinajstić information content (AvgIpc) is 2.95. The van der Waals surface area contributed by atoms with Crippen molar-refractivity contribution in [2.75, 3.05) is 4.72 Å². The summed E-state index contributed by atoms with van der Waals surface area (Å²) >= 11 is 7.05. The van der Waals surface area contributed by atoms with E-state index in [-0.39, 0.29) is 15.7 Å². The first-order chi connectivity index (χ1) is 12.3. The molecule has 0 fully saturated rings. The molecular weight excluding hydrogens is 398 g/mol. The molecule has 0 aliphatic heterocycles. The first-order valence-corrected chi connectivity index (χ1v) is 9.95. The lowest BCUT2D eigenvalue weighted by molar-refractivity contribution is -0.385. The second-order valence-corrected chi connectivity index (χ2v) is 8.61. The molecule has 10 heteroatoms. The minimum absolute atomic E-state index is 0.180. The van der Waals surface area contributed by atoms with E-state index in [1.165, 1.54) is 29.5 Å². The van der Waals surface area contributed by atoms with Gasteiger partial charge in [0.05, 0.1) is 15.5 Å². The Morgan fingerprint density at radius 2 is 1.88 bits per heavy atom. The van der Waals surface area contributed by atoms with Crippen LogP contribution >= 0.6 is 22.9 Å². The van der Waals surface area contributed by atoms with Gasteiger partial charge in [-0.2, -0.15) is 0 Å². The zero-order chi connectivity index (χ0) is 18.9. The highest BCUT2D eigenvalue weighted by Crippen LogP contribution is 2.32. The first-order valence-electron chi connectivity index (χ1n) is 7.27. The van der Waals surface area contributed by atoms with Gasteiger partial charge in [0.25, 0.3) is 15.7 Å². The lowest BCUT2D eigenvalue weighted by atomic mass is 10.1. The summed E-state index contributed by atoms with van der Waals surface area (Å²) in [5, 5.41) is 11.6. The molecule has 1 aromatic heterocycles. The van der Waals surface area contributed by atoms with E-state index >= 15 is 0 Å². The van der Waals surface area contributed by atoms with Crippen LogP contribution in [-0.2, 0) is 10.0 Å². The fourth-order valence-electron chi connectivity index (χ4n) is 2.25. The minimum atomic E-state index is -3.99. The van der Waals surface area contributed by atoms with E-state index in [9.17, 15) is 18.5 Å². The summed E-state index contributed by atoms with van der Waals surface area (Å²) in [6.07, 6.45) is 0. The van der Waals surface area contributed by atoms with Gasteiger partial charge in [-0.15, -0.1) is 11.3 Å². The van der Waals surface area contributed by atoms with Crippen LogP contribution in [0.1, 0.15) is 4.88 Å². The van der Waals surface area contributed by atoms with Crippen LogP contribution in [0.3, 0.4) is 0 Å². The molecule has 0 saturated heterocycles. The fourth-order valence-corrected chi connectivity index (χ4v) is 4.49. The van der Waals surface area contributed by atoms with E-state index in [1.54, 1.807) is 24.3 Å². The van der Waals surface area contributed by atoms with Gasteiger partial charge < -0.3 is 0 Å². The SMILES string of the molecule is Cc1sc(NS(=O)(=O)c2cccc([N+](=O)[O-])c2)nc1-c1ccc(Cl)cc1. The largest absolute Gasteiger partial charge is 0.270 e. The number of hydrogen-bond acceptors (Lipinski definition) is 6. The minimum Gasteiger partial charge on any atom is -0.258 e. The summed E-state index contributed by atoms with van der Waals surface area (Å²) in [6.45, 7) is 1.83. The number of benzene rings is 2. The number of nitrogens with one attached hydrogen (secondary N) is 1. The Kier molecular flexibility index (Phi) is 4.94. The van der Waals surface area contributed by atoms with Gasteiger partial charge in [0.1, 0.15) is 0 Å². The van der Waals surface area contributed by atoms with Gasteiger partial charge in [-0.25, -0.2) is 13.4 Å². The maximum absolute atomic E-state index is 12.5. The second-order valence-electron chi connectivity index (χ2n) is 5.29. The molecule has 2 aromatic carbocycles. The Balaban J connectivity index is 1.91. The summed E-state index contributed by atoms with van der Waals surface area (Å²) in [7, 11) is -3.99. The highest BCUT2D eigenvalue weighted by atomic mass is 35.5. The van der Waals surface area contributed by atoms with Crippen molar-refractivity contribution in [1.29, 1.82) is 0 Å². The summed E-state index contributed by atoms with van der Waals surface area (Å²) in [5.41, 5.74) is 1.15. The molecule has 0 amide bonds. The maximum Gasteiger partial charge on any atom is 0.270 e. The molecule has 0 aliphatic carbocycles. The van der Waals surface area contributed by atoms with Gasteiger partial charge in [-0.1, -0.05) is 29.8 Å².